The van der Waals surface area contributed by atoms with E-state index >= 15 is 0 Å². The number of rotatable bonds is 2. The Balaban J connectivity index is 1.95. The molecule has 0 radical (unpaired) electrons. The van der Waals surface area contributed by atoms with Gasteiger partial charge in [-0.2, -0.15) is 0 Å². The molecule has 0 aliphatic carbocycles. The number of halogens is 1. The van der Waals surface area contributed by atoms with Crippen LogP contribution in [0.15, 0.2) is 15.2 Å². The van der Waals surface area contributed by atoms with Crippen molar-refractivity contribution in [2.45, 2.75) is 0 Å². The molecule has 0 saturated carbocycles. The van der Waals surface area contributed by atoms with E-state index in [9.17, 15) is 4.79 Å². The lowest BCUT2D eigenvalue weighted by Gasteiger charge is -2.38. The third kappa shape index (κ3) is 1.66. The van der Waals surface area contributed by atoms with Gasteiger partial charge >= 0.3 is 5.97 Å². The molecule has 5 heteroatoms. The summed E-state index contributed by atoms with van der Waals surface area (Å²) in [6.07, 6.45) is 0. The molecule has 0 aromatic carbocycles. The zero-order chi connectivity index (χ0) is 10.1. The molecule has 2 rings (SSSR count). The minimum atomic E-state index is -0.104. The van der Waals surface area contributed by atoms with Crippen LogP contribution in [0, 0.1) is 5.92 Å². The zero-order valence-corrected chi connectivity index (χ0v) is 10.1. The maximum atomic E-state index is 11.1. The SMILES string of the molecule is COC(=O)C1CN(c2cscc2Br)C1. The number of esters is 1. The van der Waals surface area contributed by atoms with Crippen LogP contribution in [0.4, 0.5) is 5.69 Å². The Hall–Kier alpha value is -0.550. The summed E-state index contributed by atoms with van der Waals surface area (Å²) in [6.45, 7) is 1.53. The molecular weight excluding hydrogens is 266 g/mol. The van der Waals surface area contributed by atoms with Crippen LogP contribution in [0.5, 0.6) is 0 Å². The summed E-state index contributed by atoms with van der Waals surface area (Å²) in [6, 6.07) is 0. The highest BCUT2D eigenvalue weighted by molar-refractivity contribution is 9.10. The molecule has 0 N–H and O–H groups in total. The highest BCUT2D eigenvalue weighted by atomic mass is 79.9. The van der Waals surface area contributed by atoms with Gasteiger partial charge in [0.15, 0.2) is 0 Å². The van der Waals surface area contributed by atoms with Crippen molar-refractivity contribution in [1.29, 1.82) is 0 Å². The Bertz CT molecular complexity index is 346. The maximum Gasteiger partial charge on any atom is 0.312 e. The van der Waals surface area contributed by atoms with Crippen molar-refractivity contribution in [2.75, 3.05) is 25.1 Å². The summed E-state index contributed by atoms with van der Waals surface area (Å²) < 4.78 is 5.78. The van der Waals surface area contributed by atoms with E-state index in [0.717, 1.165) is 17.6 Å². The Morgan fingerprint density at radius 3 is 2.86 bits per heavy atom. The third-order valence-corrected chi connectivity index (χ3v) is 4.02. The van der Waals surface area contributed by atoms with Gasteiger partial charge in [-0.25, -0.2) is 0 Å². The molecule has 0 spiro atoms. The van der Waals surface area contributed by atoms with Crippen molar-refractivity contribution in [3.05, 3.63) is 15.2 Å². The fourth-order valence-corrected chi connectivity index (χ4v) is 3.05. The second kappa shape index (κ2) is 3.90. The Morgan fingerprint density at radius 1 is 1.64 bits per heavy atom. The predicted molar refractivity (Wildman–Crippen MR) is 59.7 cm³/mol. The van der Waals surface area contributed by atoms with Crippen LogP contribution in [-0.2, 0) is 9.53 Å². The van der Waals surface area contributed by atoms with E-state index in [0.29, 0.717) is 0 Å². The number of thiophene rings is 1. The summed E-state index contributed by atoms with van der Waals surface area (Å²) >= 11 is 5.12. The number of hydrogen-bond acceptors (Lipinski definition) is 4. The maximum absolute atomic E-state index is 11.1. The van der Waals surface area contributed by atoms with E-state index < -0.39 is 0 Å². The number of carbonyl (C=O) groups is 1. The number of nitrogens with zero attached hydrogens (tertiary/aromatic N) is 1. The highest BCUT2D eigenvalue weighted by Gasteiger charge is 2.34. The molecule has 1 saturated heterocycles. The van der Waals surface area contributed by atoms with Gasteiger partial charge in [-0.3, -0.25) is 4.79 Å². The quantitative estimate of drug-likeness (QED) is 0.775. The first-order valence-electron chi connectivity index (χ1n) is 4.27. The monoisotopic (exact) mass is 275 g/mol. The molecule has 0 unspecified atom stereocenters. The molecule has 0 atom stereocenters. The lowest BCUT2D eigenvalue weighted by Crippen LogP contribution is -2.50. The van der Waals surface area contributed by atoms with Crippen LogP contribution in [-0.4, -0.2) is 26.2 Å². The van der Waals surface area contributed by atoms with Crippen LogP contribution in [0.2, 0.25) is 0 Å². The van der Waals surface area contributed by atoms with Gasteiger partial charge in [-0.15, -0.1) is 11.3 Å². The summed E-state index contributed by atoms with van der Waals surface area (Å²) in [4.78, 5) is 13.3. The second-order valence-corrected chi connectivity index (χ2v) is 4.83. The zero-order valence-electron chi connectivity index (χ0n) is 7.70. The number of anilines is 1. The lowest BCUT2D eigenvalue weighted by molar-refractivity contribution is -0.146. The van der Waals surface area contributed by atoms with Gasteiger partial charge in [-0.1, -0.05) is 0 Å². The Labute approximate surface area is 94.8 Å². The average molecular weight is 276 g/mol. The molecule has 1 aromatic rings. The van der Waals surface area contributed by atoms with E-state index in [-0.39, 0.29) is 11.9 Å². The van der Waals surface area contributed by atoms with Crippen molar-refractivity contribution in [3.8, 4) is 0 Å². The Kier molecular flexibility index (Phi) is 2.78. The normalized spacial score (nSPS) is 16.6. The molecule has 0 bridgehead atoms. The molecule has 2 heterocycles. The first-order valence-corrected chi connectivity index (χ1v) is 6.00. The van der Waals surface area contributed by atoms with E-state index in [2.05, 4.69) is 30.9 Å². The van der Waals surface area contributed by atoms with Crippen molar-refractivity contribution < 1.29 is 9.53 Å². The van der Waals surface area contributed by atoms with Gasteiger partial charge in [0.2, 0.25) is 0 Å². The first-order chi connectivity index (χ1) is 6.72. The summed E-state index contributed by atoms with van der Waals surface area (Å²) in [7, 11) is 1.44. The van der Waals surface area contributed by atoms with Gasteiger partial charge in [0.25, 0.3) is 0 Å². The second-order valence-electron chi connectivity index (χ2n) is 3.23. The molecule has 1 aliphatic heterocycles. The summed E-state index contributed by atoms with van der Waals surface area (Å²) in [5.41, 5.74) is 1.18. The minimum absolute atomic E-state index is 0.0480. The summed E-state index contributed by atoms with van der Waals surface area (Å²) in [5.74, 6) is -0.0561. The minimum Gasteiger partial charge on any atom is -0.469 e. The molecule has 1 fully saturated rings. The predicted octanol–water partition coefficient (Wildman–Crippen LogP) is 2.12. The van der Waals surface area contributed by atoms with Crippen LogP contribution < -0.4 is 4.90 Å². The van der Waals surface area contributed by atoms with Gasteiger partial charge in [-0.05, 0) is 15.9 Å². The van der Waals surface area contributed by atoms with Crippen molar-refractivity contribution in [2.24, 2.45) is 5.92 Å². The number of hydrogen-bond donors (Lipinski definition) is 0. The molecular formula is C9H10BrNO2S. The first kappa shape index (κ1) is 9.98. The average Bonchev–Trinajstić information content (AvgIpc) is 2.49. The topological polar surface area (TPSA) is 29.5 Å². The van der Waals surface area contributed by atoms with Crippen molar-refractivity contribution >= 4 is 38.9 Å². The van der Waals surface area contributed by atoms with Gasteiger partial charge in [0.1, 0.15) is 0 Å². The number of ether oxygens (including phenoxy) is 1. The molecule has 14 heavy (non-hydrogen) atoms. The summed E-state index contributed by atoms with van der Waals surface area (Å²) in [5, 5.41) is 4.12. The van der Waals surface area contributed by atoms with Crippen LogP contribution in [0.25, 0.3) is 0 Å². The number of methoxy groups -OCH3 is 1. The van der Waals surface area contributed by atoms with Gasteiger partial charge < -0.3 is 9.64 Å². The molecule has 1 aliphatic rings. The van der Waals surface area contributed by atoms with Gasteiger partial charge in [0.05, 0.1) is 23.2 Å². The number of carbonyl (C=O) groups excluding carboxylic acids is 1. The smallest absolute Gasteiger partial charge is 0.312 e. The van der Waals surface area contributed by atoms with E-state index in [1.807, 2.05) is 5.38 Å². The van der Waals surface area contributed by atoms with Crippen molar-refractivity contribution in [3.63, 3.8) is 0 Å². The Morgan fingerprint density at radius 2 is 2.36 bits per heavy atom. The largest absolute Gasteiger partial charge is 0.469 e. The fourth-order valence-electron chi connectivity index (χ4n) is 1.49. The van der Waals surface area contributed by atoms with Gasteiger partial charge in [0, 0.05) is 23.8 Å². The molecule has 76 valence electrons. The lowest BCUT2D eigenvalue weighted by atomic mass is 10.0. The molecule has 3 nitrogen and oxygen atoms in total. The van der Waals surface area contributed by atoms with Crippen molar-refractivity contribution in [1.82, 2.24) is 0 Å². The van der Waals surface area contributed by atoms with E-state index in [1.54, 1.807) is 11.3 Å². The van der Waals surface area contributed by atoms with Crippen LogP contribution in [0.3, 0.4) is 0 Å². The van der Waals surface area contributed by atoms with E-state index in [1.165, 1.54) is 12.8 Å². The molecule has 1 aromatic heterocycles. The third-order valence-electron chi connectivity index (χ3n) is 2.35. The standard InChI is InChI=1S/C9H10BrNO2S/c1-13-9(12)6-2-11(3-6)8-5-14-4-7(8)10/h4-6H,2-3H2,1H3. The molecule has 0 amide bonds. The van der Waals surface area contributed by atoms with Crippen LogP contribution >= 0.6 is 27.3 Å². The van der Waals surface area contributed by atoms with Crippen LogP contribution in [0.1, 0.15) is 0 Å². The highest BCUT2D eigenvalue weighted by Crippen LogP contribution is 2.34. The fraction of sp³-hybridized carbons (Fsp3) is 0.444. The van der Waals surface area contributed by atoms with E-state index in [4.69, 9.17) is 0 Å².